The molecule has 0 aliphatic carbocycles. The fourth-order valence-electron chi connectivity index (χ4n) is 1.50. The summed E-state index contributed by atoms with van der Waals surface area (Å²) in [6.07, 6.45) is 0. The Kier molecular flexibility index (Phi) is 2.87. The van der Waals surface area contributed by atoms with E-state index in [2.05, 4.69) is 9.97 Å². The van der Waals surface area contributed by atoms with Crippen LogP contribution in [0.3, 0.4) is 0 Å². The molecule has 5 nitrogen and oxygen atoms in total. The van der Waals surface area contributed by atoms with Gasteiger partial charge in [0.2, 0.25) is 0 Å². The van der Waals surface area contributed by atoms with Crippen molar-refractivity contribution in [1.82, 2.24) is 9.97 Å². The molecule has 5 heteroatoms. The fourth-order valence-corrected chi connectivity index (χ4v) is 1.50. The van der Waals surface area contributed by atoms with Gasteiger partial charge in [0.15, 0.2) is 0 Å². The van der Waals surface area contributed by atoms with Gasteiger partial charge in [-0.15, -0.1) is 0 Å². The number of carbonyl (C=O) groups is 1. The third kappa shape index (κ3) is 1.90. The molecule has 1 aromatic carbocycles. The molecule has 0 unspecified atom stereocenters. The summed E-state index contributed by atoms with van der Waals surface area (Å²) in [6, 6.07) is 5.19. The summed E-state index contributed by atoms with van der Waals surface area (Å²) in [4.78, 5) is 18.8. The van der Waals surface area contributed by atoms with Crippen LogP contribution < -0.4 is 5.73 Å². The van der Waals surface area contributed by atoms with Gasteiger partial charge in [0.25, 0.3) is 0 Å². The minimum Gasteiger partial charge on any atom is -0.462 e. The van der Waals surface area contributed by atoms with Crippen molar-refractivity contribution in [3.63, 3.8) is 0 Å². The van der Waals surface area contributed by atoms with Gasteiger partial charge in [-0.2, -0.15) is 0 Å². The molecule has 0 aliphatic heterocycles. The number of nitrogens with two attached hydrogens (primary N) is 1. The second-order valence-corrected chi connectivity index (χ2v) is 3.34. The van der Waals surface area contributed by atoms with Crippen LogP contribution in [-0.2, 0) is 11.3 Å². The molecular weight excluding hydrogens is 206 g/mol. The molecule has 0 aliphatic rings. The quantitative estimate of drug-likeness (QED) is 0.760. The van der Waals surface area contributed by atoms with E-state index in [9.17, 15) is 4.79 Å². The third-order valence-corrected chi connectivity index (χ3v) is 2.24. The van der Waals surface area contributed by atoms with Crippen molar-refractivity contribution >= 4 is 17.0 Å². The third-order valence-electron chi connectivity index (χ3n) is 2.24. The number of nitrogens with zero attached hydrogens (tertiary/aromatic N) is 1. The maximum atomic E-state index is 11.5. The van der Waals surface area contributed by atoms with Crippen LogP contribution in [-0.4, -0.2) is 22.5 Å². The molecule has 0 radical (unpaired) electrons. The smallest absolute Gasteiger partial charge is 0.338 e. The summed E-state index contributed by atoms with van der Waals surface area (Å²) in [5.41, 5.74) is 7.59. The summed E-state index contributed by atoms with van der Waals surface area (Å²) < 4.78 is 4.91. The van der Waals surface area contributed by atoms with Crippen LogP contribution in [0.2, 0.25) is 0 Å². The number of aromatic nitrogens is 2. The van der Waals surface area contributed by atoms with Crippen LogP contribution in [0.5, 0.6) is 0 Å². The predicted molar refractivity (Wildman–Crippen MR) is 59.9 cm³/mol. The standard InChI is InChI=1S/C11H13N3O2/c1-2-16-11(15)7-3-4-8-9(5-7)14-10(6-12)13-8/h3-5H,2,6,12H2,1H3,(H,13,14). The molecule has 2 rings (SSSR count). The van der Waals surface area contributed by atoms with Crippen LogP contribution >= 0.6 is 0 Å². The van der Waals surface area contributed by atoms with E-state index >= 15 is 0 Å². The van der Waals surface area contributed by atoms with Gasteiger partial charge in [-0.3, -0.25) is 0 Å². The summed E-state index contributed by atoms with van der Waals surface area (Å²) in [5, 5.41) is 0. The Labute approximate surface area is 92.6 Å². The Morgan fingerprint density at radius 1 is 1.56 bits per heavy atom. The van der Waals surface area contributed by atoms with E-state index in [1.807, 2.05) is 0 Å². The van der Waals surface area contributed by atoms with Gasteiger partial charge in [-0.1, -0.05) is 0 Å². The molecule has 0 atom stereocenters. The fraction of sp³-hybridized carbons (Fsp3) is 0.273. The molecule has 2 aromatic rings. The van der Waals surface area contributed by atoms with Crippen LogP contribution in [0.1, 0.15) is 23.1 Å². The first-order valence-electron chi connectivity index (χ1n) is 5.10. The molecular formula is C11H13N3O2. The number of ether oxygens (including phenoxy) is 1. The molecule has 0 saturated carbocycles. The van der Waals surface area contributed by atoms with Gasteiger partial charge in [-0.25, -0.2) is 9.78 Å². The Hall–Kier alpha value is -1.88. The Balaban J connectivity index is 2.39. The maximum absolute atomic E-state index is 11.5. The highest BCUT2D eigenvalue weighted by atomic mass is 16.5. The highest BCUT2D eigenvalue weighted by Gasteiger charge is 2.08. The average Bonchev–Trinajstić information content (AvgIpc) is 2.70. The molecule has 0 saturated heterocycles. The first-order chi connectivity index (χ1) is 7.74. The monoisotopic (exact) mass is 219 g/mol. The van der Waals surface area contributed by atoms with E-state index in [-0.39, 0.29) is 5.97 Å². The largest absolute Gasteiger partial charge is 0.462 e. The van der Waals surface area contributed by atoms with Gasteiger partial charge < -0.3 is 15.5 Å². The highest BCUT2D eigenvalue weighted by Crippen LogP contribution is 2.14. The number of hydrogen-bond acceptors (Lipinski definition) is 4. The number of fused-ring (bicyclic) bond motifs is 1. The first kappa shape index (κ1) is 10.6. The van der Waals surface area contributed by atoms with Gasteiger partial charge in [0.05, 0.1) is 29.7 Å². The van der Waals surface area contributed by atoms with Crippen LogP contribution in [0.15, 0.2) is 18.2 Å². The van der Waals surface area contributed by atoms with Gasteiger partial charge in [0.1, 0.15) is 5.82 Å². The molecule has 1 heterocycles. The number of carbonyl (C=O) groups excluding carboxylic acids is 1. The van der Waals surface area contributed by atoms with Crippen LogP contribution in [0, 0.1) is 0 Å². The normalized spacial score (nSPS) is 10.6. The maximum Gasteiger partial charge on any atom is 0.338 e. The van der Waals surface area contributed by atoms with Crippen LogP contribution in [0.25, 0.3) is 11.0 Å². The van der Waals surface area contributed by atoms with Crippen molar-refractivity contribution in [2.45, 2.75) is 13.5 Å². The Morgan fingerprint density at radius 3 is 3.06 bits per heavy atom. The lowest BCUT2D eigenvalue weighted by Gasteiger charge is -2.00. The van der Waals surface area contributed by atoms with Crippen molar-refractivity contribution in [3.8, 4) is 0 Å². The molecule has 0 bridgehead atoms. The number of imidazole rings is 1. The zero-order valence-corrected chi connectivity index (χ0v) is 8.99. The van der Waals surface area contributed by atoms with E-state index < -0.39 is 0 Å². The average molecular weight is 219 g/mol. The minimum absolute atomic E-state index is 0.326. The number of rotatable bonds is 3. The zero-order chi connectivity index (χ0) is 11.5. The number of aromatic amines is 1. The molecule has 0 amide bonds. The first-order valence-corrected chi connectivity index (χ1v) is 5.10. The van der Waals surface area contributed by atoms with Gasteiger partial charge in [-0.05, 0) is 25.1 Å². The molecule has 84 valence electrons. The lowest BCUT2D eigenvalue weighted by atomic mass is 10.2. The Bertz CT molecular complexity index is 519. The molecule has 3 N–H and O–H groups in total. The van der Waals surface area contributed by atoms with E-state index in [1.54, 1.807) is 25.1 Å². The number of benzene rings is 1. The second-order valence-electron chi connectivity index (χ2n) is 3.34. The topological polar surface area (TPSA) is 81.0 Å². The van der Waals surface area contributed by atoms with Crippen molar-refractivity contribution < 1.29 is 9.53 Å². The van der Waals surface area contributed by atoms with Crippen molar-refractivity contribution in [1.29, 1.82) is 0 Å². The number of hydrogen-bond donors (Lipinski definition) is 2. The van der Waals surface area contributed by atoms with Gasteiger partial charge >= 0.3 is 5.97 Å². The van der Waals surface area contributed by atoms with E-state index in [1.165, 1.54) is 0 Å². The van der Waals surface area contributed by atoms with E-state index in [0.717, 1.165) is 11.0 Å². The molecule has 1 aromatic heterocycles. The number of nitrogens with one attached hydrogen (secondary N) is 1. The number of esters is 1. The lowest BCUT2D eigenvalue weighted by molar-refractivity contribution is 0.0526. The zero-order valence-electron chi connectivity index (χ0n) is 8.99. The SMILES string of the molecule is CCOC(=O)c1ccc2nc(CN)[nH]c2c1. The summed E-state index contributed by atoms with van der Waals surface area (Å²) in [7, 11) is 0. The summed E-state index contributed by atoms with van der Waals surface area (Å²) in [6.45, 7) is 2.50. The van der Waals surface area contributed by atoms with Gasteiger partial charge in [0, 0.05) is 0 Å². The van der Waals surface area contributed by atoms with Crippen molar-refractivity contribution in [2.24, 2.45) is 5.73 Å². The molecule has 0 spiro atoms. The van der Waals surface area contributed by atoms with Crippen molar-refractivity contribution in [3.05, 3.63) is 29.6 Å². The Morgan fingerprint density at radius 2 is 2.38 bits per heavy atom. The molecule has 0 fully saturated rings. The van der Waals surface area contributed by atoms with Crippen molar-refractivity contribution in [2.75, 3.05) is 6.61 Å². The second kappa shape index (κ2) is 4.32. The summed E-state index contributed by atoms with van der Waals surface area (Å²) >= 11 is 0. The van der Waals surface area contributed by atoms with E-state index in [0.29, 0.717) is 24.5 Å². The highest BCUT2D eigenvalue weighted by molar-refractivity contribution is 5.93. The number of H-pyrrole nitrogens is 1. The molecule has 16 heavy (non-hydrogen) atoms. The lowest BCUT2D eigenvalue weighted by Crippen LogP contribution is -2.04. The predicted octanol–water partition coefficient (Wildman–Crippen LogP) is 1.20. The summed E-state index contributed by atoms with van der Waals surface area (Å²) in [5.74, 6) is 0.379. The van der Waals surface area contributed by atoms with Crippen LogP contribution in [0.4, 0.5) is 0 Å². The minimum atomic E-state index is -0.326. The van der Waals surface area contributed by atoms with E-state index in [4.69, 9.17) is 10.5 Å².